The second-order valence-electron chi connectivity index (χ2n) is 5.82. The minimum Gasteiger partial charge on any atom is -0.357 e. The van der Waals surface area contributed by atoms with E-state index in [0.29, 0.717) is 0 Å². The Morgan fingerprint density at radius 1 is 1.24 bits per heavy atom. The number of piperidine rings is 1. The molecule has 0 unspecified atom stereocenters. The van der Waals surface area contributed by atoms with Crippen molar-refractivity contribution in [1.29, 1.82) is 0 Å². The maximum absolute atomic E-state index is 4.61. The first-order valence-electron chi connectivity index (χ1n) is 7.57. The molecular weight excluding hydrogens is 280 g/mol. The largest absolute Gasteiger partial charge is 0.357 e. The van der Waals surface area contributed by atoms with Crippen LogP contribution in [0.1, 0.15) is 30.2 Å². The molecule has 0 aliphatic carbocycles. The summed E-state index contributed by atoms with van der Waals surface area (Å²) in [5.74, 6) is 1.96. The number of anilines is 2. The van der Waals surface area contributed by atoms with E-state index in [0.717, 1.165) is 36.5 Å². The van der Waals surface area contributed by atoms with E-state index in [1.54, 1.807) is 11.3 Å². The molecule has 1 N–H and O–H groups in total. The van der Waals surface area contributed by atoms with Crippen molar-refractivity contribution in [2.75, 3.05) is 23.3 Å². The van der Waals surface area contributed by atoms with E-state index in [4.69, 9.17) is 0 Å². The zero-order chi connectivity index (χ0) is 14.7. The standard InChI is InChI=1S/C16H22N4S/c1-12-5-7-20(8-6-12)15-4-3-14(10-17-15)11-19-16-18-9-13(2)21-16/h3-4,9-10,12H,5-8,11H2,1-2H3,(H,18,19). The lowest BCUT2D eigenvalue weighted by molar-refractivity contribution is 0.436. The van der Waals surface area contributed by atoms with Crippen LogP contribution in [0, 0.1) is 12.8 Å². The highest BCUT2D eigenvalue weighted by atomic mass is 32.1. The number of hydrogen-bond donors (Lipinski definition) is 1. The molecule has 112 valence electrons. The van der Waals surface area contributed by atoms with Gasteiger partial charge in [-0.3, -0.25) is 0 Å². The molecule has 0 spiro atoms. The SMILES string of the molecule is Cc1cnc(NCc2ccc(N3CCC(C)CC3)nc2)s1. The molecule has 21 heavy (non-hydrogen) atoms. The maximum Gasteiger partial charge on any atom is 0.183 e. The highest BCUT2D eigenvalue weighted by Gasteiger charge is 2.16. The molecule has 0 bridgehead atoms. The van der Waals surface area contributed by atoms with Gasteiger partial charge in [0, 0.05) is 36.9 Å². The van der Waals surface area contributed by atoms with E-state index in [1.807, 2.05) is 12.4 Å². The Morgan fingerprint density at radius 2 is 2.05 bits per heavy atom. The second kappa shape index (κ2) is 6.43. The second-order valence-corrected chi connectivity index (χ2v) is 7.06. The molecule has 0 atom stereocenters. The van der Waals surface area contributed by atoms with Crippen LogP contribution in [0.25, 0.3) is 0 Å². The summed E-state index contributed by atoms with van der Waals surface area (Å²) < 4.78 is 0. The van der Waals surface area contributed by atoms with Gasteiger partial charge in [-0.25, -0.2) is 9.97 Å². The molecule has 0 saturated carbocycles. The molecule has 1 saturated heterocycles. The summed E-state index contributed by atoms with van der Waals surface area (Å²) in [4.78, 5) is 12.5. The van der Waals surface area contributed by atoms with Crippen LogP contribution < -0.4 is 10.2 Å². The van der Waals surface area contributed by atoms with Crippen LogP contribution >= 0.6 is 11.3 Å². The van der Waals surface area contributed by atoms with Gasteiger partial charge in [0.1, 0.15) is 5.82 Å². The molecule has 1 fully saturated rings. The Labute approximate surface area is 130 Å². The summed E-state index contributed by atoms with van der Waals surface area (Å²) in [5.41, 5.74) is 1.19. The highest BCUT2D eigenvalue weighted by Crippen LogP contribution is 2.22. The molecule has 1 aliphatic rings. The minimum atomic E-state index is 0.775. The Balaban J connectivity index is 1.56. The Morgan fingerprint density at radius 3 is 2.67 bits per heavy atom. The monoisotopic (exact) mass is 302 g/mol. The van der Waals surface area contributed by atoms with Crippen molar-refractivity contribution in [3.63, 3.8) is 0 Å². The highest BCUT2D eigenvalue weighted by molar-refractivity contribution is 7.15. The van der Waals surface area contributed by atoms with Gasteiger partial charge in [-0.2, -0.15) is 0 Å². The zero-order valence-electron chi connectivity index (χ0n) is 12.7. The van der Waals surface area contributed by atoms with Crippen LogP contribution in [-0.2, 0) is 6.54 Å². The first-order valence-corrected chi connectivity index (χ1v) is 8.38. The normalized spacial score (nSPS) is 16.2. The van der Waals surface area contributed by atoms with Crippen LogP contribution in [0.15, 0.2) is 24.5 Å². The summed E-state index contributed by atoms with van der Waals surface area (Å²) in [6.45, 7) is 7.43. The van der Waals surface area contributed by atoms with Crippen LogP contribution in [0.3, 0.4) is 0 Å². The van der Waals surface area contributed by atoms with Gasteiger partial charge in [0.15, 0.2) is 5.13 Å². The Hall–Kier alpha value is -1.62. The number of nitrogens with one attached hydrogen (secondary N) is 1. The maximum atomic E-state index is 4.61. The number of thiazole rings is 1. The molecule has 5 heteroatoms. The fourth-order valence-electron chi connectivity index (χ4n) is 2.56. The molecule has 0 amide bonds. The number of nitrogens with zero attached hydrogens (tertiary/aromatic N) is 3. The molecule has 3 heterocycles. The van der Waals surface area contributed by atoms with Crippen molar-refractivity contribution < 1.29 is 0 Å². The first kappa shape index (κ1) is 14.3. The fraction of sp³-hybridized carbons (Fsp3) is 0.500. The Bertz CT molecular complexity index is 570. The summed E-state index contributed by atoms with van der Waals surface area (Å²) >= 11 is 1.68. The summed E-state index contributed by atoms with van der Waals surface area (Å²) in [5, 5.41) is 4.31. The lowest BCUT2D eigenvalue weighted by Crippen LogP contribution is -2.33. The zero-order valence-corrected chi connectivity index (χ0v) is 13.5. The van der Waals surface area contributed by atoms with E-state index in [2.05, 4.69) is 46.2 Å². The van der Waals surface area contributed by atoms with Crippen LogP contribution in [-0.4, -0.2) is 23.1 Å². The first-order chi connectivity index (χ1) is 10.2. The van der Waals surface area contributed by atoms with Crippen molar-refractivity contribution in [3.05, 3.63) is 35.0 Å². The van der Waals surface area contributed by atoms with Crippen molar-refractivity contribution in [3.8, 4) is 0 Å². The van der Waals surface area contributed by atoms with Crippen LogP contribution in [0.4, 0.5) is 10.9 Å². The predicted molar refractivity (Wildman–Crippen MR) is 89.0 cm³/mol. The van der Waals surface area contributed by atoms with Crippen molar-refractivity contribution >= 4 is 22.3 Å². The third-order valence-corrected chi connectivity index (χ3v) is 4.85. The summed E-state index contributed by atoms with van der Waals surface area (Å²) in [6, 6.07) is 4.30. The molecular formula is C16H22N4S. The van der Waals surface area contributed by atoms with E-state index < -0.39 is 0 Å². The average molecular weight is 302 g/mol. The third-order valence-electron chi connectivity index (χ3n) is 3.98. The molecule has 0 radical (unpaired) electrons. The number of rotatable bonds is 4. The number of hydrogen-bond acceptors (Lipinski definition) is 5. The van der Waals surface area contributed by atoms with Crippen molar-refractivity contribution in [2.24, 2.45) is 5.92 Å². The molecule has 1 aliphatic heterocycles. The molecule has 2 aromatic rings. The van der Waals surface area contributed by atoms with Gasteiger partial charge in [0.2, 0.25) is 0 Å². The topological polar surface area (TPSA) is 41.1 Å². The van der Waals surface area contributed by atoms with Crippen molar-refractivity contribution in [2.45, 2.75) is 33.2 Å². The summed E-state index contributed by atoms with van der Waals surface area (Å²) in [7, 11) is 0. The van der Waals surface area contributed by atoms with Gasteiger partial charge in [0.05, 0.1) is 0 Å². The molecule has 0 aromatic carbocycles. The molecule has 3 rings (SSSR count). The smallest absolute Gasteiger partial charge is 0.183 e. The lowest BCUT2D eigenvalue weighted by atomic mass is 9.99. The van der Waals surface area contributed by atoms with E-state index in [9.17, 15) is 0 Å². The van der Waals surface area contributed by atoms with Gasteiger partial charge in [-0.05, 0) is 37.3 Å². The van der Waals surface area contributed by atoms with Gasteiger partial charge >= 0.3 is 0 Å². The van der Waals surface area contributed by atoms with E-state index in [1.165, 1.54) is 23.3 Å². The van der Waals surface area contributed by atoms with Gasteiger partial charge in [0.25, 0.3) is 0 Å². The van der Waals surface area contributed by atoms with E-state index >= 15 is 0 Å². The molecule has 2 aromatic heterocycles. The van der Waals surface area contributed by atoms with Crippen LogP contribution in [0.5, 0.6) is 0 Å². The Kier molecular flexibility index (Phi) is 4.39. The minimum absolute atomic E-state index is 0.775. The lowest BCUT2D eigenvalue weighted by Gasteiger charge is -2.31. The number of pyridine rings is 1. The molecule has 4 nitrogen and oxygen atoms in total. The fourth-order valence-corrected chi connectivity index (χ4v) is 3.22. The number of aromatic nitrogens is 2. The van der Waals surface area contributed by atoms with Gasteiger partial charge in [-0.1, -0.05) is 13.0 Å². The number of aryl methyl sites for hydroxylation is 1. The van der Waals surface area contributed by atoms with Crippen molar-refractivity contribution in [1.82, 2.24) is 9.97 Å². The van der Waals surface area contributed by atoms with Crippen LogP contribution in [0.2, 0.25) is 0 Å². The van der Waals surface area contributed by atoms with Gasteiger partial charge < -0.3 is 10.2 Å². The van der Waals surface area contributed by atoms with E-state index in [-0.39, 0.29) is 0 Å². The quantitative estimate of drug-likeness (QED) is 0.935. The van der Waals surface area contributed by atoms with Gasteiger partial charge in [-0.15, -0.1) is 11.3 Å². The summed E-state index contributed by atoms with van der Waals surface area (Å²) in [6.07, 6.45) is 6.41. The average Bonchev–Trinajstić information content (AvgIpc) is 2.92. The third kappa shape index (κ3) is 3.73. The predicted octanol–water partition coefficient (Wildman–Crippen LogP) is 3.69.